The second-order valence-corrected chi connectivity index (χ2v) is 5.38. The molecule has 0 aromatic rings. The third-order valence-electron chi connectivity index (χ3n) is 0.498. The van der Waals surface area contributed by atoms with Gasteiger partial charge in [0.2, 0.25) is 0 Å². The van der Waals surface area contributed by atoms with Gasteiger partial charge in [0.1, 0.15) is 11.6 Å². The molecule has 0 unspecified atom stereocenters. The number of carbonyl (C=O) groups is 2. The summed E-state index contributed by atoms with van der Waals surface area (Å²) in [5.41, 5.74) is 0. The molecule has 5 heteroatoms. The first-order valence-corrected chi connectivity index (χ1v) is 8.82. The van der Waals surface area contributed by atoms with E-state index < -0.39 is 20.8 Å². The van der Waals surface area contributed by atoms with E-state index in [0.29, 0.717) is 0 Å². The average Bonchev–Trinajstić information content (AvgIpc) is 1.62. The van der Waals surface area contributed by atoms with Gasteiger partial charge in [-0.2, -0.15) is 0 Å². The molecule has 0 heterocycles. The molecule has 0 aliphatic carbocycles. The van der Waals surface area contributed by atoms with Gasteiger partial charge in [-0.15, -0.1) is 0 Å². The summed E-state index contributed by atoms with van der Waals surface area (Å²) in [7, 11) is 9.87. The summed E-state index contributed by atoms with van der Waals surface area (Å²) < 4.78 is 0. The fraction of sp³-hybridized carbons (Fsp3) is 0.600. The topological polar surface area (TPSA) is 34.1 Å². The number of ketones is 2. The average molecular weight is 262 g/mol. The van der Waals surface area contributed by atoms with E-state index in [2.05, 4.69) is 0 Å². The van der Waals surface area contributed by atoms with Crippen LogP contribution in [0.15, 0.2) is 0 Å². The van der Waals surface area contributed by atoms with Crippen LogP contribution in [0.5, 0.6) is 0 Å². The monoisotopic (exact) mass is 260 g/mol. The molecular formula is C5H8Cl2O2Zr. The number of Topliss-reactive ketones (excluding diaryl/α,β-unsaturated/α-hetero) is 2. The predicted molar refractivity (Wildman–Crippen MR) is 37.7 cm³/mol. The molecule has 10 heavy (non-hydrogen) atoms. The number of carbonyl (C=O) groups excluding carboxylic acids is 2. The van der Waals surface area contributed by atoms with Crippen molar-refractivity contribution >= 4 is 28.6 Å². The van der Waals surface area contributed by atoms with Crippen molar-refractivity contribution in [2.45, 2.75) is 20.3 Å². The van der Waals surface area contributed by atoms with Crippen LogP contribution in [0.25, 0.3) is 0 Å². The van der Waals surface area contributed by atoms with E-state index in [4.69, 9.17) is 17.0 Å². The van der Waals surface area contributed by atoms with Gasteiger partial charge in [-0.3, -0.25) is 9.59 Å². The van der Waals surface area contributed by atoms with Crippen molar-refractivity contribution < 1.29 is 30.4 Å². The quantitative estimate of drug-likeness (QED) is 0.713. The van der Waals surface area contributed by atoms with Gasteiger partial charge < -0.3 is 0 Å². The zero-order valence-corrected chi connectivity index (χ0v) is 9.75. The van der Waals surface area contributed by atoms with Crippen LogP contribution < -0.4 is 0 Å². The van der Waals surface area contributed by atoms with Crippen LogP contribution in [0.4, 0.5) is 0 Å². The number of rotatable bonds is 2. The van der Waals surface area contributed by atoms with Crippen LogP contribution in [0, 0.1) is 0 Å². The van der Waals surface area contributed by atoms with Crippen molar-refractivity contribution in [2.75, 3.05) is 0 Å². The predicted octanol–water partition coefficient (Wildman–Crippen LogP) is 1.93. The van der Waals surface area contributed by atoms with Gasteiger partial charge in [-0.1, -0.05) is 0 Å². The Labute approximate surface area is 78.9 Å². The summed E-state index contributed by atoms with van der Waals surface area (Å²) >= 11 is -0.826. The first-order valence-electron chi connectivity index (χ1n) is 2.49. The molecule has 0 amide bonds. The molecule has 0 radical (unpaired) electrons. The molecule has 0 fully saturated rings. The van der Waals surface area contributed by atoms with E-state index in [1.807, 2.05) is 0 Å². The van der Waals surface area contributed by atoms with Crippen LogP contribution in [0.2, 0.25) is 0 Å². The summed E-state index contributed by atoms with van der Waals surface area (Å²) in [4.78, 5) is 20.1. The van der Waals surface area contributed by atoms with Gasteiger partial charge in [-0.25, -0.2) is 0 Å². The van der Waals surface area contributed by atoms with Crippen molar-refractivity contribution in [1.82, 2.24) is 0 Å². The van der Waals surface area contributed by atoms with Crippen LogP contribution in [0.3, 0.4) is 0 Å². The third kappa shape index (κ3) is 23.2. The first kappa shape index (κ1) is 13.4. The Bertz CT molecular complexity index is 104. The summed E-state index contributed by atoms with van der Waals surface area (Å²) in [6.45, 7) is 2.81. The van der Waals surface area contributed by atoms with Gasteiger partial charge in [0, 0.05) is 0 Å². The van der Waals surface area contributed by atoms with E-state index in [-0.39, 0.29) is 18.0 Å². The molecule has 0 N–H and O–H groups in total. The zero-order chi connectivity index (χ0) is 8.57. The normalized spacial score (nSPS) is 7.20. The van der Waals surface area contributed by atoms with Crippen LogP contribution in [-0.2, 0) is 30.4 Å². The maximum atomic E-state index is 10.0. The summed E-state index contributed by atoms with van der Waals surface area (Å²) in [6.07, 6.45) is 0.0833. The first-order chi connectivity index (χ1) is 4.54. The van der Waals surface area contributed by atoms with E-state index in [0.717, 1.165) is 0 Å². The minimum atomic E-state index is -0.826. The fourth-order valence-electron chi connectivity index (χ4n) is 0.351. The Hall–Kier alpha value is 0.803. The molecule has 0 bridgehead atoms. The van der Waals surface area contributed by atoms with Crippen molar-refractivity contribution in [3.05, 3.63) is 0 Å². The molecule has 0 saturated carbocycles. The van der Waals surface area contributed by atoms with E-state index in [9.17, 15) is 9.59 Å². The molecule has 0 spiro atoms. The maximum absolute atomic E-state index is 10.0. The zero-order valence-electron chi connectivity index (χ0n) is 5.78. The van der Waals surface area contributed by atoms with E-state index in [1.165, 1.54) is 13.8 Å². The molecule has 0 atom stereocenters. The number of hydrogen-bond acceptors (Lipinski definition) is 2. The Balaban J connectivity index is 0. The van der Waals surface area contributed by atoms with Gasteiger partial charge >= 0.3 is 37.9 Å². The van der Waals surface area contributed by atoms with Crippen molar-refractivity contribution in [2.24, 2.45) is 0 Å². The van der Waals surface area contributed by atoms with Gasteiger partial charge in [0.05, 0.1) is 6.42 Å². The second-order valence-electron chi connectivity index (χ2n) is 1.65. The summed E-state index contributed by atoms with van der Waals surface area (Å²) in [5, 5.41) is 0. The standard InChI is InChI=1S/C5H8O2.2ClH.Zr/c1-4(6)3-5(2)7;;;/h3H2,1-2H3;2*1H;/q;;;+2/p-2. The molecule has 0 saturated heterocycles. The van der Waals surface area contributed by atoms with Crippen molar-refractivity contribution in [3.63, 3.8) is 0 Å². The molecule has 0 aromatic heterocycles. The fourth-order valence-corrected chi connectivity index (χ4v) is 0.351. The van der Waals surface area contributed by atoms with Gasteiger partial charge in [-0.05, 0) is 13.8 Å². The summed E-state index contributed by atoms with van der Waals surface area (Å²) in [5.74, 6) is -0.125. The molecule has 0 aromatic carbocycles. The Morgan fingerprint density at radius 2 is 1.40 bits per heavy atom. The number of hydrogen-bond donors (Lipinski definition) is 0. The van der Waals surface area contributed by atoms with Crippen LogP contribution in [0.1, 0.15) is 20.3 Å². The van der Waals surface area contributed by atoms with Crippen molar-refractivity contribution in [1.29, 1.82) is 0 Å². The van der Waals surface area contributed by atoms with E-state index >= 15 is 0 Å². The van der Waals surface area contributed by atoms with Crippen LogP contribution in [-0.4, -0.2) is 11.6 Å². The van der Waals surface area contributed by atoms with Crippen LogP contribution >= 0.6 is 17.0 Å². The molecule has 58 valence electrons. The van der Waals surface area contributed by atoms with Crippen molar-refractivity contribution in [3.8, 4) is 0 Å². The van der Waals surface area contributed by atoms with Gasteiger partial charge in [0.15, 0.2) is 0 Å². The number of halogens is 2. The molecule has 0 aliphatic heterocycles. The van der Waals surface area contributed by atoms with Gasteiger partial charge in [0.25, 0.3) is 0 Å². The molecule has 0 rings (SSSR count). The second kappa shape index (κ2) is 9.80. The van der Waals surface area contributed by atoms with E-state index in [1.54, 1.807) is 0 Å². The Kier molecular flexibility index (Phi) is 13.1. The molecule has 0 aliphatic rings. The molecule has 2 nitrogen and oxygen atoms in total. The molecular weight excluding hydrogens is 254 g/mol. The Morgan fingerprint density at radius 3 is 1.40 bits per heavy atom. The third-order valence-corrected chi connectivity index (χ3v) is 0.498. The SMILES string of the molecule is CC(=O)CC(C)=O.[Cl][Zr][Cl]. The Morgan fingerprint density at radius 1 is 1.20 bits per heavy atom. The summed E-state index contributed by atoms with van der Waals surface area (Å²) in [6, 6.07) is 0. The minimum absolute atomic E-state index is 0.0625.